The van der Waals surface area contributed by atoms with E-state index in [1.165, 1.54) is 10.8 Å². The van der Waals surface area contributed by atoms with Gasteiger partial charge in [0.05, 0.1) is 22.0 Å². The molecule has 0 amide bonds. The van der Waals surface area contributed by atoms with Crippen molar-refractivity contribution < 1.29 is 13.2 Å². The minimum atomic E-state index is -3.23. The summed E-state index contributed by atoms with van der Waals surface area (Å²) in [5.74, 6) is 0. The van der Waals surface area contributed by atoms with Crippen molar-refractivity contribution in [2.75, 3.05) is 18.5 Å². The Balaban J connectivity index is 1.51. The number of fused-ring (bicyclic) bond motifs is 1. The predicted octanol–water partition coefficient (Wildman–Crippen LogP) is 4.60. The number of nitrogens with zero attached hydrogens (tertiary/aromatic N) is 1. The molecule has 2 N–H and O–H groups in total. The van der Waals surface area contributed by atoms with Crippen LogP contribution in [0.25, 0.3) is 22.2 Å². The van der Waals surface area contributed by atoms with Crippen molar-refractivity contribution >= 4 is 26.4 Å². The fraction of sp³-hybridized carbons (Fsp3) is 0.250. The number of rotatable bonds is 5. The molecule has 6 nitrogen and oxygen atoms in total. The van der Waals surface area contributed by atoms with Crippen LogP contribution in [-0.4, -0.2) is 37.6 Å². The Hall–Kier alpha value is -3.03. The molecule has 31 heavy (non-hydrogen) atoms. The molecule has 2 aliphatic rings. The van der Waals surface area contributed by atoms with Gasteiger partial charge in [-0.25, -0.2) is 8.42 Å². The lowest BCUT2D eigenvalue weighted by Gasteiger charge is -2.25. The average Bonchev–Trinajstić information content (AvgIpc) is 3.21. The lowest BCUT2D eigenvalue weighted by molar-refractivity contribution is 0.0905. The molecule has 0 spiro atoms. The summed E-state index contributed by atoms with van der Waals surface area (Å²) in [6.07, 6.45) is 5.18. The van der Waals surface area contributed by atoms with Gasteiger partial charge in [-0.3, -0.25) is 0 Å². The summed E-state index contributed by atoms with van der Waals surface area (Å²) in [5.41, 5.74) is 5.48. The first-order chi connectivity index (χ1) is 15.1. The summed E-state index contributed by atoms with van der Waals surface area (Å²) in [5, 5.41) is 7.31. The first-order valence-electron chi connectivity index (χ1n) is 10.5. The standard InChI is InChI=1S/C24H25N3O3S/c28-31(29)12-8-27(9-13-31)17-18-14-20-16-22(19-4-2-1-3-5-19)26-24(20)23(15-18)25-21-6-10-30-11-7-21/h1-5,8-9,12-16,21,25-26H,6-7,10-11,17H2. The summed E-state index contributed by atoms with van der Waals surface area (Å²) in [6.45, 7) is 2.14. The summed E-state index contributed by atoms with van der Waals surface area (Å²) >= 11 is 0. The van der Waals surface area contributed by atoms with E-state index in [0.717, 1.165) is 59.5 Å². The largest absolute Gasteiger partial charge is 0.381 e. The predicted molar refractivity (Wildman–Crippen MR) is 124 cm³/mol. The Bertz CT molecular complexity index is 1220. The molecule has 0 unspecified atom stereocenters. The van der Waals surface area contributed by atoms with E-state index >= 15 is 0 Å². The molecule has 1 aromatic heterocycles. The number of hydrogen-bond donors (Lipinski definition) is 2. The highest BCUT2D eigenvalue weighted by Crippen LogP contribution is 2.32. The van der Waals surface area contributed by atoms with Crippen LogP contribution >= 0.6 is 0 Å². The highest BCUT2D eigenvalue weighted by molar-refractivity contribution is 7.97. The zero-order chi connectivity index (χ0) is 21.3. The number of benzene rings is 2. The molecular weight excluding hydrogens is 410 g/mol. The van der Waals surface area contributed by atoms with Crippen molar-refractivity contribution in [2.45, 2.75) is 25.4 Å². The fourth-order valence-electron chi connectivity index (χ4n) is 4.08. The fourth-order valence-corrected chi connectivity index (χ4v) is 4.83. The molecule has 2 aromatic carbocycles. The van der Waals surface area contributed by atoms with Gasteiger partial charge in [0.2, 0.25) is 0 Å². The van der Waals surface area contributed by atoms with Crippen LogP contribution in [0, 0.1) is 0 Å². The van der Waals surface area contributed by atoms with E-state index in [0.29, 0.717) is 12.6 Å². The van der Waals surface area contributed by atoms with Gasteiger partial charge in [0.1, 0.15) is 0 Å². The Kier molecular flexibility index (Phi) is 5.29. The number of aromatic nitrogens is 1. The SMILES string of the molecule is O=S1(=O)C=CN(Cc2cc(NC3CCOCC3)c3[nH]c(-c4ccccc4)cc3c2)C=C1. The maximum Gasteiger partial charge on any atom is 0.195 e. The third-order valence-electron chi connectivity index (χ3n) is 5.70. The number of anilines is 1. The lowest BCUT2D eigenvalue weighted by atomic mass is 10.1. The highest BCUT2D eigenvalue weighted by Gasteiger charge is 2.17. The molecule has 0 saturated carbocycles. The highest BCUT2D eigenvalue weighted by atomic mass is 32.2. The molecule has 0 atom stereocenters. The number of nitrogens with one attached hydrogen (secondary N) is 2. The van der Waals surface area contributed by atoms with Crippen molar-refractivity contribution in [3.05, 3.63) is 77.3 Å². The van der Waals surface area contributed by atoms with Crippen LogP contribution in [0.2, 0.25) is 0 Å². The monoisotopic (exact) mass is 435 g/mol. The van der Waals surface area contributed by atoms with Gasteiger partial charge in [-0.1, -0.05) is 30.3 Å². The zero-order valence-electron chi connectivity index (χ0n) is 17.1. The molecule has 0 radical (unpaired) electrons. The van der Waals surface area contributed by atoms with Gasteiger partial charge in [0.25, 0.3) is 0 Å². The van der Waals surface area contributed by atoms with Crippen LogP contribution < -0.4 is 5.32 Å². The van der Waals surface area contributed by atoms with Gasteiger partial charge in [-0.05, 0) is 42.2 Å². The van der Waals surface area contributed by atoms with Gasteiger partial charge < -0.3 is 19.9 Å². The van der Waals surface area contributed by atoms with Crippen LogP contribution in [0.3, 0.4) is 0 Å². The van der Waals surface area contributed by atoms with Gasteiger partial charge in [0, 0.05) is 49.3 Å². The van der Waals surface area contributed by atoms with E-state index in [2.05, 4.69) is 40.6 Å². The number of ether oxygens (including phenoxy) is 1. The Morgan fingerprint density at radius 2 is 1.77 bits per heavy atom. The average molecular weight is 436 g/mol. The van der Waals surface area contributed by atoms with E-state index in [-0.39, 0.29) is 0 Å². The number of H-pyrrole nitrogens is 1. The molecule has 0 aliphatic carbocycles. The second-order valence-electron chi connectivity index (χ2n) is 8.02. The summed E-state index contributed by atoms with van der Waals surface area (Å²) in [4.78, 5) is 5.48. The van der Waals surface area contributed by atoms with E-state index in [9.17, 15) is 8.42 Å². The van der Waals surface area contributed by atoms with E-state index in [1.807, 2.05) is 23.1 Å². The molecule has 2 aliphatic heterocycles. The molecule has 3 aromatic rings. The minimum Gasteiger partial charge on any atom is -0.381 e. The van der Waals surface area contributed by atoms with Gasteiger partial charge >= 0.3 is 0 Å². The van der Waals surface area contributed by atoms with Crippen LogP contribution in [0.5, 0.6) is 0 Å². The summed E-state index contributed by atoms with van der Waals surface area (Å²) in [6, 6.07) is 17.2. The number of hydrogen-bond acceptors (Lipinski definition) is 5. The first kappa shape index (κ1) is 19.9. The third kappa shape index (κ3) is 4.52. The van der Waals surface area contributed by atoms with E-state index < -0.39 is 9.84 Å². The first-order valence-corrected chi connectivity index (χ1v) is 12.1. The summed E-state index contributed by atoms with van der Waals surface area (Å²) < 4.78 is 28.7. The van der Waals surface area contributed by atoms with Crippen LogP contribution in [-0.2, 0) is 21.1 Å². The molecule has 7 heteroatoms. The van der Waals surface area contributed by atoms with Crippen molar-refractivity contribution in [1.82, 2.24) is 9.88 Å². The molecule has 5 rings (SSSR count). The molecule has 1 saturated heterocycles. The third-order valence-corrected chi connectivity index (χ3v) is 6.71. The number of aromatic amines is 1. The van der Waals surface area contributed by atoms with Gasteiger partial charge in [-0.15, -0.1) is 0 Å². The van der Waals surface area contributed by atoms with E-state index in [4.69, 9.17) is 4.74 Å². The zero-order valence-corrected chi connectivity index (χ0v) is 17.9. The topological polar surface area (TPSA) is 74.4 Å². The van der Waals surface area contributed by atoms with Gasteiger partial charge in [-0.2, -0.15) is 0 Å². The van der Waals surface area contributed by atoms with Crippen molar-refractivity contribution in [3.63, 3.8) is 0 Å². The maximum atomic E-state index is 11.6. The molecule has 1 fully saturated rings. The van der Waals surface area contributed by atoms with Crippen molar-refractivity contribution in [1.29, 1.82) is 0 Å². The minimum absolute atomic E-state index is 0.371. The molecule has 3 heterocycles. The lowest BCUT2D eigenvalue weighted by Crippen LogP contribution is -2.28. The quantitative estimate of drug-likeness (QED) is 0.613. The van der Waals surface area contributed by atoms with Crippen LogP contribution in [0.4, 0.5) is 5.69 Å². The maximum absolute atomic E-state index is 11.6. The smallest absolute Gasteiger partial charge is 0.195 e. The van der Waals surface area contributed by atoms with Crippen molar-refractivity contribution in [2.24, 2.45) is 0 Å². The second-order valence-corrected chi connectivity index (χ2v) is 9.74. The molecule has 0 bridgehead atoms. The van der Waals surface area contributed by atoms with Crippen LogP contribution in [0.15, 0.2) is 71.7 Å². The Morgan fingerprint density at radius 1 is 1.03 bits per heavy atom. The molecule has 160 valence electrons. The Morgan fingerprint density at radius 3 is 2.52 bits per heavy atom. The van der Waals surface area contributed by atoms with Crippen LogP contribution in [0.1, 0.15) is 18.4 Å². The second kappa shape index (κ2) is 8.24. The number of sulfone groups is 1. The van der Waals surface area contributed by atoms with Gasteiger partial charge in [0.15, 0.2) is 9.84 Å². The molecular formula is C24H25N3O3S. The summed E-state index contributed by atoms with van der Waals surface area (Å²) in [7, 11) is -3.23. The van der Waals surface area contributed by atoms with Crippen molar-refractivity contribution in [3.8, 4) is 11.3 Å². The Labute approximate surface area is 182 Å². The normalized spacial score (nSPS) is 18.5. The van der Waals surface area contributed by atoms with E-state index in [1.54, 1.807) is 12.4 Å².